The van der Waals surface area contributed by atoms with Crippen LogP contribution in [0.4, 0.5) is 5.82 Å². The number of hydrogen-bond acceptors (Lipinski definition) is 5. The van der Waals surface area contributed by atoms with Crippen LogP contribution in [-0.4, -0.2) is 39.6 Å². The molecule has 0 saturated carbocycles. The smallest absolute Gasteiger partial charge is 0.145 e. The van der Waals surface area contributed by atoms with Crippen LogP contribution in [-0.2, 0) is 6.54 Å². The van der Waals surface area contributed by atoms with Gasteiger partial charge in [0.25, 0.3) is 0 Å². The Morgan fingerprint density at radius 3 is 2.78 bits per heavy atom. The van der Waals surface area contributed by atoms with Crippen molar-refractivity contribution < 1.29 is 5.11 Å². The zero-order chi connectivity index (χ0) is 16.2. The molecule has 3 rings (SSSR count). The van der Waals surface area contributed by atoms with E-state index in [0.717, 1.165) is 37.3 Å². The van der Waals surface area contributed by atoms with Crippen molar-refractivity contribution in [1.29, 1.82) is 5.26 Å². The largest absolute Gasteiger partial charge is 0.394 e. The number of aliphatic hydroxyl groups excluding tert-OH is 1. The van der Waals surface area contributed by atoms with Crippen molar-refractivity contribution in [2.75, 3.05) is 24.6 Å². The standard InChI is InChI=1S/C17H21N5O/c1-13-2-3-17(20-15(13)12-18)21-8-5-14(6-9-21)16-4-7-19-22(16)10-11-23/h2-4,7,14,23H,5-6,8-11H2,1H3. The van der Waals surface area contributed by atoms with E-state index < -0.39 is 0 Å². The molecule has 1 N–H and O–H groups in total. The molecular formula is C17H21N5O. The highest BCUT2D eigenvalue weighted by molar-refractivity contribution is 5.45. The number of aryl methyl sites for hydroxylation is 1. The molecule has 0 radical (unpaired) electrons. The first-order valence-electron chi connectivity index (χ1n) is 7.98. The number of nitrogens with zero attached hydrogens (tertiary/aromatic N) is 5. The number of pyridine rings is 1. The number of nitriles is 1. The lowest BCUT2D eigenvalue weighted by molar-refractivity contribution is 0.265. The summed E-state index contributed by atoms with van der Waals surface area (Å²) in [5.41, 5.74) is 2.62. The second-order valence-corrected chi connectivity index (χ2v) is 5.91. The van der Waals surface area contributed by atoms with Crippen molar-refractivity contribution in [1.82, 2.24) is 14.8 Å². The van der Waals surface area contributed by atoms with Gasteiger partial charge in [0.05, 0.1) is 13.2 Å². The van der Waals surface area contributed by atoms with Crippen molar-refractivity contribution in [2.24, 2.45) is 0 Å². The molecule has 1 fully saturated rings. The average Bonchev–Trinajstić information content (AvgIpc) is 3.04. The molecule has 0 spiro atoms. The van der Waals surface area contributed by atoms with Gasteiger partial charge in [-0.2, -0.15) is 10.4 Å². The summed E-state index contributed by atoms with van der Waals surface area (Å²) < 4.78 is 1.90. The summed E-state index contributed by atoms with van der Waals surface area (Å²) >= 11 is 0. The molecule has 1 aliphatic heterocycles. The normalized spacial score (nSPS) is 15.6. The van der Waals surface area contributed by atoms with Gasteiger partial charge in [-0.05, 0) is 37.5 Å². The Balaban J connectivity index is 1.69. The molecule has 3 heterocycles. The van der Waals surface area contributed by atoms with Crippen LogP contribution in [0, 0.1) is 18.3 Å². The third-order valence-corrected chi connectivity index (χ3v) is 4.49. The minimum Gasteiger partial charge on any atom is -0.394 e. The minimum atomic E-state index is 0.109. The van der Waals surface area contributed by atoms with E-state index in [1.807, 2.05) is 29.8 Å². The summed E-state index contributed by atoms with van der Waals surface area (Å²) in [5, 5.41) is 22.5. The van der Waals surface area contributed by atoms with E-state index in [9.17, 15) is 0 Å². The molecule has 1 aliphatic rings. The second kappa shape index (κ2) is 6.80. The Hall–Kier alpha value is -2.39. The monoisotopic (exact) mass is 311 g/mol. The maximum absolute atomic E-state index is 9.13. The summed E-state index contributed by atoms with van der Waals surface area (Å²) in [6, 6.07) is 8.16. The molecule has 6 heteroatoms. The van der Waals surface area contributed by atoms with Crippen LogP contribution in [0.1, 0.15) is 35.7 Å². The van der Waals surface area contributed by atoms with Crippen molar-refractivity contribution in [3.05, 3.63) is 41.3 Å². The van der Waals surface area contributed by atoms with Gasteiger partial charge in [-0.3, -0.25) is 4.68 Å². The highest BCUT2D eigenvalue weighted by atomic mass is 16.3. The van der Waals surface area contributed by atoms with E-state index in [0.29, 0.717) is 18.2 Å². The number of hydrogen-bond donors (Lipinski definition) is 1. The van der Waals surface area contributed by atoms with Crippen molar-refractivity contribution in [3.63, 3.8) is 0 Å². The Morgan fingerprint density at radius 1 is 1.30 bits per heavy atom. The molecule has 0 atom stereocenters. The quantitative estimate of drug-likeness (QED) is 0.932. The summed E-state index contributed by atoms with van der Waals surface area (Å²) in [6.45, 7) is 4.39. The highest BCUT2D eigenvalue weighted by Gasteiger charge is 2.24. The maximum atomic E-state index is 9.13. The third kappa shape index (κ3) is 3.20. The topological polar surface area (TPSA) is 78.0 Å². The fourth-order valence-corrected chi connectivity index (χ4v) is 3.18. The molecule has 0 unspecified atom stereocenters. The number of piperidine rings is 1. The molecule has 2 aromatic heterocycles. The molecule has 0 aromatic carbocycles. The Kier molecular flexibility index (Phi) is 4.58. The van der Waals surface area contributed by atoms with Gasteiger partial charge in [0.1, 0.15) is 17.6 Å². The molecule has 23 heavy (non-hydrogen) atoms. The van der Waals surface area contributed by atoms with Crippen LogP contribution in [0.2, 0.25) is 0 Å². The second-order valence-electron chi connectivity index (χ2n) is 5.91. The zero-order valence-electron chi connectivity index (χ0n) is 13.3. The molecule has 0 aliphatic carbocycles. The Labute approximate surface area is 136 Å². The average molecular weight is 311 g/mol. The first-order valence-corrected chi connectivity index (χ1v) is 7.98. The van der Waals surface area contributed by atoms with Crippen molar-refractivity contribution in [2.45, 2.75) is 32.2 Å². The van der Waals surface area contributed by atoms with E-state index in [1.54, 1.807) is 6.20 Å². The maximum Gasteiger partial charge on any atom is 0.145 e. The number of anilines is 1. The van der Waals surface area contributed by atoms with Gasteiger partial charge in [0.2, 0.25) is 0 Å². The lowest BCUT2D eigenvalue weighted by atomic mass is 9.93. The molecular weight excluding hydrogens is 290 g/mol. The van der Waals surface area contributed by atoms with E-state index in [-0.39, 0.29) is 6.61 Å². The molecule has 6 nitrogen and oxygen atoms in total. The van der Waals surface area contributed by atoms with E-state index in [2.05, 4.69) is 21.1 Å². The number of aromatic nitrogens is 3. The predicted octanol–water partition coefficient (Wildman–Crippen LogP) is 1.83. The van der Waals surface area contributed by atoms with Crippen LogP contribution < -0.4 is 4.90 Å². The molecule has 1 saturated heterocycles. The minimum absolute atomic E-state index is 0.109. The molecule has 0 bridgehead atoms. The lowest BCUT2D eigenvalue weighted by Crippen LogP contribution is -2.34. The van der Waals surface area contributed by atoms with Gasteiger partial charge < -0.3 is 10.0 Å². The summed E-state index contributed by atoms with van der Waals surface area (Å²) in [4.78, 5) is 6.70. The van der Waals surface area contributed by atoms with Gasteiger partial charge in [0, 0.05) is 30.9 Å². The van der Waals surface area contributed by atoms with Crippen molar-refractivity contribution >= 4 is 5.82 Å². The van der Waals surface area contributed by atoms with E-state index >= 15 is 0 Å². The molecule has 120 valence electrons. The lowest BCUT2D eigenvalue weighted by Gasteiger charge is -2.33. The summed E-state index contributed by atoms with van der Waals surface area (Å²) in [5.74, 6) is 1.34. The summed E-state index contributed by atoms with van der Waals surface area (Å²) in [6.07, 6.45) is 3.85. The highest BCUT2D eigenvalue weighted by Crippen LogP contribution is 2.30. The van der Waals surface area contributed by atoms with Gasteiger partial charge >= 0.3 is 0 Å². The first kappa shape index (κ1) is 15.5. The third-order valence-electron chi connectivity index (χ3n) is 4.49. The van der Waals surface area contributed by atoms with Gasteiger partial charge in [-0.1, -0.05) is 6.07 Å². The fraction of sp³-hybridized carbons (Fsp3) is 0.471. The predicted molar refractivity (Wildman–Crippen MR) is 87.2 cm³/mol. The van der Waals surface area contributed by atoms with Gasteiger partial charge in [-0.25, -0.2) is 4.98 Å². The van der Waals surface area contributed by atoms with Crippen molar-refractivity contribution in [3.8, 4) is 6.07 Å². The first-order chi connectivity index (χ1) is 11.2. The van der Waals surface area contributed by atoms with Crippen LogP contribution in [0.25, 0.3) is 0 Å². The van der Waals surface area contributed by atoms with Crippen LogP contribution in [0.3, 0.4) is 0 Å². The fourth-order valence-electron chi connectivity index (χ4n) is 3.18. The molecule has 0 amide bonds. The molecule has 2 aromatic rings. The summed E-state index contributed by atoms with van der Waals surface area (Å²) in [7, 11) is 0. The number of aliphatic hydroxyl groups is 1. The van der Waals surface area contributed by atoms with Gasteiger partial charge in [-0.15, -0.1) is 0 Å². The van der Waals surface area contributed by atoms with Gasteiger partial charge in [0.15, 0.2) is 0 Å². The van der Waals surface area contributed by atoms with Crippen LogP contribution in [0.15, 0.2) is 24.4 Å². The number of rotatable bonds is 4. The van der Waals surface area contributed by atoms with E-state index in [4.69, 9.17) is 10.4 Å². The Morgan fingerprint density at radius 2 is 2.09 bits per heavy atom. The SMILES string of the molecule is Cc1ccc(N2CCC(c3ccnn3CCO)CC2)nc1C#N. The Bertz CT molecular complexity index is 710. The van der Waals surface area contributed by atoms with E-state index in [1.165, 1.54) is 5.69 Å². The van der Waals surface area contributed by atoms with Crippen LogP contribution >= 0.6 is 0 Å². The zero-order valence-corrected chi connectivity index (χ0v) is 13.3. The van der Waals surface area contributed by atoms with Crippen LogP contribution in [0.5, 0.6) is 0 Å².